The molecule has 0 aliphatic carbocycles. The highest BCUT2D eigenvalue weighted by molar-refractivity contribution is 6.33. The second-order valence-corrected chi connectivity index (χ2v) is 39.7. The Labute approximate surface area is 782 Å². The minimum Gasteiger partial charge on any atom is -0.497 e. The van der Waals surface area contributed by atoms with Gasteiger partial charge in [-0.3, -0.25) is 0 Å². The first-order chi connectivity index (χ1) is 63.0. The zero-order valence-electron chi connectivity index (χ0n) is 76.5. The Morgan fingerprint density at radius 1 is 0.385 bits per heavy atom. The van der Waals surface area contributed by atoms with Crippen molar-refractivity contribution in [1.82, 2.24) is 24.5 Å². The summed E-state index contributed by atoms with van der Waals surface area (Å²) < 4.78 is 5.31. The van der Waals surface area contributed by atoms with Crippen LogP contribution in [0.5, 0.6) is 5.75 Å². The van der Waals surface area contributed by atoms with Gasteiger partial charge >= 0.3 is 11.9 Å². The third kappa shape index (κ3) is 21.4. The van der Waals surface area contributed by atoms with Gasteiger partial charge in [-0.25, -0.2) is 9.59 Å². The molecule has 10 bridgehead atoms. The number of carboxylic acids is 2. The standard InChI is InChI=1S/C24H29NO3.C23H26ClNO3.C23H29NO.C22H27NO2.C22H23NO.4H2/c1-17-7-8-20(23(26)27)15-19(17)9-12-24(28,21-5-3-2-4-6-21)22-16-25-13-10-18(22)11-14-25;24-21-7-6-16(14-19(21)22(26)27)8-11-23(28,18-4-2-1-3-5-18)20-15-25-12-9-17(20)10-13-25;1-17-7-6-10-21(18(17)2)23(25,15-19-8-4-3-5-9-19)22-16-24-13-11-20(22)12-14-24;1-25-20-9-7-19(8-10-20)22(24,15-17-5-3-2-4-6-17)21-16-23-13-11-18(21)12-14-23;24-22(20-9-5-2-6-10-20,14-11-18-7-3-1-4-8-18)21-17-23-15-12-19(21)13-16-23;;;;/h2-8,15,18,22,28H,9-14,16H2,1H3,(H,26,27);1-7,14,17,20,28H,8-13,15H2,(H,26,27);3-10,20,22,25H,11-16H2,1-2H3;2-10,18,21,24H,11-16H2,1H3;1-10,19,21,24H,12-13,15-17H2;4*1H. The minimum absolute atomic E-state index is 0. The SMILES string of the molecule is COc1ccc(C(O)(Cc2ccccc2)C2CN3CCC2CC3)cc1.Cc1ccc(C(=O)O)cc1CCC(O)(c1ccccc1)C1CN2CCC1CC2.Cc1cccc(C(O)(Cc2ccccc2)C2CN3CCC2CC3)c1C.O=C(O)c1cc(CCC(O)(c2ccccc2)C2CN3CCC2CC3)ccc1Cl.OC(C#Cc1ccccc1)(c1ccccc1)C1CN2CCC1CC2.[HH].[HH].[HH].[HH]. The fourth-order valence-electron chi connectivity index (χ4n) is 24.2. The van der Waals surface area contributed by atoms with E-state index in [1.165, 1.54) is 87.0 Å². The number of piperidine rings is 15. The number of hydrogen-bond donors (Lipinski definition) is 7. The van der Waals surface area contributed by atoms with Crippen LogP contribution in [-0.4, -0.2) is 177 Å². The monoisotopic (exact) mass is 1780 g/mol. The summed E-state index contributed by atoms with van der Waals surface area (Å²) in [6, 6.07) is 85.7. The highest BCUT2D eigenvalue weighted by atomic mass is 35.5. The van der Waals surface area contributed by atoms with E-state index in [4.69, 9.17) is 16.3 Å². The molecule has 15 saturated heterocycles. The number of methoxy groups -OCH3 is 1. The smallest absolute Gasteiger partial charge is 0.337 e. The summed E-state index contributed by atoms with van der Waals surface area (Å²) in [5.74, 6) is 9.49. The number of fused-ring (bicyclic) bond motifs is 15. The van der Waals surface area contributed by atoms with Crippen molar-refractivity contribution >= 4 is 23.5 Å². The second-order valence-electron chi connectivity index (χ2n) is 39.3. The lowest BCUT2D eigenvalue weighted by atomic mass is 9.65. The second kappa shape index (κ2) is 42.1. The van der Waals surface area contributed by atoms with Gasteiger partial charge in [0.2, 0.25) is 0 Å². The topological polar surface area (TPSA) is 201 Å². The summed E-state index contributed by atoms with van der Waals surface area (Å²) in [5, 5.41) is 78.7. The van der Waals surface area contributed by atoms with Gasteiger partial charge in [0.1, 0.15) is 5.75 Å². The fourth-order valence-corrected chi connectivity index (χ4v) is 24.4. The van der Waals surface area contributed by atoms with E-state index < -0.39 is 39.9 Å². The average molecular weight is 1780 g/mol. The summed E-state index contributed by atoms with van der Waals surface area (Å²) in [6.45, 7) is 22.8. The van der Waals surface area contributed by atoms with Crippen LogP contribution in [0.4, 0.5) is 0 Å². The number of halogens is 1. The Bertz CT molecular complexity index is 5440. The lowest BCUT2D eigenvalue weighted by molar-refractivity contribution is -0.106. The molecule has 15 heterocycles. The molecule has 15 aliphatic heterocycles. The van der Waals surface area contributed by atoms with Crippen LogP contribution in [0.3, 0.4) is 0 Å². The first-order valence-electron chi connectivity index (χ1n) is 48.1. The largest absolute Gasteiger partial charge is 0.497 e. The van der Waals surface area contributed by atoms with E-state index >= 15 is 0 Å². The van der Waals surface area contributed by atoms with E-state index in [0.717, 1.165) is 153 Å². The molecule has 690 valence electrons. The summed E-state index contributed by atoms with van der Waals surface area (Å²) in [6.07, 6.45) is 15.6. The van der Waals surface area contributed by atoms with Gasteiger partial charge in [-0.15, -0.1) is 0 Å². The van der Waals surface area contributed by atoms with E-state index in [0.29, 0.717) is 79.6 Å². The number of aliphatic hydroxyl groups is 5. The molecule has 15 fully saturated rings. The quantitative estimate of drug-likeness (QED) is 0.0298. The first kappa shape index (κ1) is 93.6. The van der Waals surface area contributed by atoms with E-state index in [2.05, 4.69) is 123 Å². The number of benzene rings is 10. The number of aryl methyl sites for hydroxylation is 4. The van der Waals surface area contributed by atoms with Crippen LogP contribution < -0.4 is 4.74 Å². The van der Waals surface area contributed by atoms with Crippen LogP contribution in [0, 0.1) is 91.8 Å². The van der Waals surface area contributed by atoms with Crippen LogP contribution in [0.1, 0.15) is 176 Å². The van der Waals surface area contributed by atoms with E-state index in [9.17, 15) is 45.3 Å². The molecule has 130 heavy (non-hydrogen) atoms. The number of rotatable bonds is 23. The lowest BCUT2D eigenvalue weighted by Gasteiger charge is -2.51. The molecule has 10 unspecified atom stereocenters. The molecule has 15 nitrogen and oxygen atoms in total. The molecule has 10 aromatic carbocycles. The van der Waals surface area contributed by atoms with Crippen LogP contribution in [0.2, 0.25) is 5.02 Å². The van der Waals surface area contributed by atoms with Gasteiger partial charge in [0, 0.05) is 86.4 Å². The normalized spacial score (nSPS) is 27.0. The van der Waals surface area contributed by atoms with Crippen molar-refractivity contribution in [3.8, 4) is 17.6 Å². The van der Waals surface area contributed by atoms with Gasteiger partial charge in [0.15, 0.2) is 5.60 Å². The number of ether oxygens (including phenoxy) is 1. The predicted octanol–water partition coefficient (Wildman–Crippen LogP) is 19.9. The highest BCUT2D eigenvalue weighted by Crippen LogP contribution is 2.52. The number of nitrogens with zero attached hydrogens (tertiary/aromatic N) is 5. The molecule has 0 aromatic heterocycles. The van der Waals surface area contributed by atoms with Gasteiger partial charge in [-0.2, -0.15) is 0 Å². The van der Waals surface area contributed by atoms with Crippen molar-refractivity contribution in [2.75, 3.05) is 105 Å². The summed E-state index contributed by atoms with van der Waals surface area (Å²) in [7, 11) is 1.68. The van der Waals surface area contributed by atoms with Crippen LogP contribution in [0.15, 0.2) is 261 Å². The molecule has 25 rings (SSSR count). The van der Waals surface area contributed by atoms with Crippen molar-refractivity contribution in [2.45, 2.75) is 152 Å². The molecule has 15 aliphatic rings. The fraction of sp³-hybridized carbons (Fsp3) is 0.439. The highest BCUT2D eigenvalue weighted by Gasteiger charge is 2.53. The molecule has 7 N–H and O–H groups in total. The Balaban J connectivity index is 0.000000150. The van der Waals surface area contributed by atoms with Crippen molar-refractivity contribution in [3.05, 3.63) is 349 Å². The maximum absolute atomic E-state index is 12.2. The van der Waals surface area contributed by atoms with Crippen LogP contribution in [0.25, 0.3) is 0 Å². The summed E-state index contributed by atoms with van der Waals surface area (Å²) >= 11 is 6.01. The zero-order chi connectivity index (χ0) is 90.6. The molecular formula is C114H142ClN5O10. The van der Waals surface area contributed by atoms with Gasteiger partial charge in [0.25, 0.3) is 0 Å². The van der Waals surface area contributed by atoms with Crippen LogP contribution >= 0.6 is 11.6 Å². The lowest BCUT2D eigenvalue weighted by Crippen LogP contribution is -2.56. The maximum Gasteiger partial charge on any atom is 0.337 e. The molecule has 0 radical (unpaired) electrons. The van der Waals surface area contributed by atoms with E-state index in [1.54, 1.807) is 31.4 Å². The predicted molar refractivity (Wildman–Crippen MR) is 526 cm³/mol. The third-order valence-corrected chi connectivity index (χ3v) is 32.3. The first-order valence-corrected chi connectivity index (χ1v) is 48.5. The van der Waals surface area contributed by atoms with Gasteiger partial charge in [-0.1, -0.05) is 236 Å². The molecule has 0 saturated carbocycles. The van der Waals surface area contributed by atoms with Crippen molar-refractivity contribution in [2.24, 2.45) is 59.2 Å². The Morgan fingerprint density at radius 3 is 1.18 bits per heavy atom. The van der Waals surface area contributed by atoms with Gasteiger partial charge in [0.05, 0.1) is 45.7 Å². The zero-order valence-corrected chi connectivity index (χ0v) is 77.2. The Hall–Kier alpha value is -9.61. The van der Waals surface area contributed by atoms with Gasteiger partial charge in [-0.05, 0) is 321 Å². The molecule has 16 heteroatoms. The molecule has 0 amide bonds. The molecule has 10 atom stereocenters. The van der Waals surface area contributed by atoms with E-state index in [-0.39, 0.29) is 40.0 Å². The molecular weight excluding hydrogens is 1630 g/mol. The Morgan fingerprint density at radius 2 is 0.769 bits per heavy atom. The van der Waals surface area contributed by atoms with Crippen molar-refractivity contribution in [1.29, 1.82) is 0 Å². The summed E-state index contributed by atoms with van der Waals surface area (Å²) in [4.78, 5) is 35.2. The number of carbonyl (C=O) groups is 2. The minimum atomic E-state index is -1.08. The number of hydrogen-bond acceptors (Lipinski definition) is 13. The van der Waals surface area contributed by atoms with Crippen molar-refractivity contribution < 1.29 is 55.8 Å². The van der Waals surface area contributed by atoms with E-state index in [1.807, 2.05) is 171 Å². The number of aromatic carboxylic acids is 2. The van der Waals surface area contributed by atoms with Crippen molar-refractivity contribution in [3.63, 3.8) is 0 Å². The molecule has 10 aromatic rings. The third-order valence-electron chi connectivity index (χ3n) is 31.9. The summed E-state index contributed by atoms with van der Waals surface area (Å²) in [5.41, 5.74) is 9.78. The van der Waals surface area contributed by atoms with Gasteiger partial charge < -0.3 is 65.0 Å². The number of carboxylic acid groups (broad SMARTS) is 2. The van der Waals surface area contributed by atoms with Crippen LogP contribution in [-0.2, 0) is 53.7 Å². The maximum atomic E-state index is 12.2. The Kier molecular flexibility index (Phi) is 30.3. The molecule has 0 spiro atoms. The average Bonchev–Trinajstić information content (AvgIpc) is 0.778.